The van der Waals surface area contributed by atoms with Crippen LogP contribution in [0.2, 0.25) is 0 Å². The highest BCUT2D eigenvalue weighted by molar-refractivity contribution is 5.35. The molecule has 0 amide bonds. The summed E-state index contributed by atoms with van der Waals surface area (Å²) in [4.78, 5) is 7.94. The molecule has 2 rings (SSSR count). The van der Waals surface area contributed by atoms with Crippen LogP contribution < -0.4 is 10.1 Å². The van der Waals surface area contributed by atoms with Gasteiger partial charge in [0.15, 0.2) is 0 Å². The van der Waals surface area contributed by atoms with Crippen molar-refractivity contribution in [1.29, 1.82) is 0 Å². The predicted molar refractivity (Wildman–Crippen MR) is 70.6 cm³/mol. The Morgan fingerprint density at radius 1 is 1.25 bits per heavy atom. The summed E-state index contributed by atoms with van der Waals surface area (Å²) in [7, 11) is 3.08. The molecule has 0 spiro atoms. The Kier molecular flexibility index (Phi) is 4.24. The minimum Gasteiger partial charge on any atom is -0.481 e. The van der Waals surface area contributed by atoms with Crippen molar-refractivity contribution in [2.45, 2.75) is 13.0 Å². The van der Waals surface area contributed by atoms with Crippen LogP contribution in [0.4, 0.5) is 8.78 Å². The summed E-state index contributed by atoms with van der Waals surface area (Å²) in [6, 6.07) is 3.48. The molecule has 20 heavy (non-hydrogen) atoms. The van der Waals surface area contributed by atoms with Crippen LogP contribution in [0.5, 0.6) is 5.88 Å². The molecular formula is C14H15F2N3O. The summed E-state index contributed by atoms with van der Waals surface area (Å²) in [6.07, 6.45) is 1.30. The Balaban J connectivity index is 2.55. The van der Waals surface area contributed by atoms with Crippen LogP contribution in [0.15, 0.2) is 24.5 Å². The van der Waals surface area contributed by atoms with E-state index in [2.05, 4.69) is 15.3 Å². The molecule has 1 aromatic heterocycles. The number of aromatic nitrogens is 2. The highest BCUT2D eigenvalue weighted by Gasteiger charge is 2.23. The van der Waals surface area contributed by atoms with Gasteiger partial charge in [0.2, 0.25) is 5.88 Å². The van der Waals surface area contributed by atoms with Gasteiger partial charge in [-0.1, -0.05) is 6.07 Å². The van der Waals surface area contributed by atoms with E-state index in [1.54, 1.807) is 20.0 Å². The zero-order chi connectivity index (χ0) is 14.7. The summed E-state index contributed by atoms with van der Waals surface area (Å²) in [6.45, 7) is 1.59. The molecule has 106 valence electrons. The Labute approximate surface area is 115 Å². The third kappa shape index (κ3) is 2.60. The number of hydrogen-bond acceptors (Lipinski definition) is 4. The van der Waals surface area contributed by atoms with Gasteiger partial charge in [-0.15, -0.1) is 0 Å². The lowest BCUT2D eigenvalue weighted by Gasteiger charge is -2.18. The minimum absolute atomic E-state index is 0.0618. The Morgan fingerprint density at radius 3 is 2.65 bits per heavy atom. The molecule has 1 unspecified atom stereocenters. The third-order valence-corrected chi connectivity index (χ3v) is 3.07. The van der Waals surface area contributed by atoms with Crippen molar-refractivity contribution in [2.75, 3.05) is 14.2 Å². The van der Waals surface area contributed by atoms with Crippen molar-refractivity contribution in [3.63, 3.8) is 0 Å². The van der Waals surface area contributed by atoms with Crippen LogP contribution in [0.25, 0.3) is 0 Å². The SMILES string of the molecule is CNC(c1cc(OC)ncn1)c1c(F)ccc(C)c1F. The van der Waals surface area contributed by atoms with Crippen molar-refractivity contribution >= 4 is 0 Å². The number of hydrogen-bond donors (Lipinski definition) is 1. The van der Waals surface area contributed by atoms with Gasteiger partial charge in [0.05, 0.1) is 18.8 Å². The molecule has 0 saturated heterocycles. The van der Waals surface area contributed by atoms with Crippen LogP contribution >= 0.6 is 0 Å². The number of methoxy groups -OCH3 is 1. The number of nitrogens with zero attached hydrogens (tertiary/aromatic N) is 2. The molecule has 0 radical (unpaired) electrons. The number of halogens is 2. The average Bonchev–Trinajstić information content (AvgIpc) is 2.47. The molecule has 0 saturated carbocycles. The molecular weight excluding hydrogens is 264 g/mol. The normalized spacial score (nSPS) is 12.2. The molecule has 4 nitrogen and oxygen atoms in total. The van der Waals surface area contributed by atoms with E-state index in [-0.39, 0.29) is 5.56 Å². The molecule has 0 aliphatic carbocycles. The van der Waals surface area contributed by atoms with Gasteiger partial charge in [0.25, 0.3) is 0 Å². The van der Waals surface area contributed by atoms with E-state index in [0.29, 0.717) is 17.1 Å². The van der Waals surface area contributed by atoms with Gasteiger partial charge >= 0.3 is 0 Å². The minimum atomic E-state index is -0.716. The second kappa shape index (κ2) is 5.92. The van der Waals surface area contributed by atoms with Crippen molar-refractivity contribution in [3.8, 4) is 5.88 Å². The van der Waals surface area contributed by atoms with Crippen LogP contribution in [0.3, 0.4) is 0 Å². The monoisotopic (exact) mass is 279 g/mol. The summed E-state index contributed by atoms with van der Waals surface area (Å²) in [5.41, 5.74) is 0.749. The van der Waals surface area contributed by atoms with E-state index < -0.39 is 17.7 Å². The molecule has 1 aromatic carbocycles. The van der Waals surface area contributed by atoms with Crippen LogP contribution in [0.1, 0.15) is 22.9 Å². The van der Waals surface area contributed by atoms with Crippen molar-refractivity contribution in [3.05, 3.63) is 53.0 Å². The standard InChI is InChI=1S/C14H15F2N3O/c1-8-4-5-9(15)12(13(8)16)14(17-2)10-6-11(20-3)19-7-18-10/h4-7,14,17H,1-3H3. The average molecular weight is 279 g/mol. The lowest BCUT2D eigenvalue weighted by molar-refractivity contribution is 0.394. The maximum absolute atomic E-state index is 14.2. The first-order valence-electron chi connectivity index (χ1n) is 6.06. The molecule has 0 bridgehead atoms. The van der Waals surface area contributed by atoms with E-state index in [1.807, 2.05) is 0 Å². The quantitative estimate of drug-likeness (QED) is 0.933. The van der Waals surface area contributed by atoms with E-state index >= 15 is 0 Å². The zero-order valence-corrected chi connectivity index (χ0v) is 11.4. The second-order valence-corrected chi connectivity index (χ2v) is 4.30. The number of benzene rings is 1. The van der Waals surface area contributed by atoms with Crippen LogP contribution in [-0.4, -0.2) is 24.1 Å². The fourth-order valence-corrected chi connectivity index (χ4v) is 2.01. The second-order valence-electron chi connectivity index (χ2n) is 4.30. The maximum Gasteiger partial charge on any atom is 0.216 e. The molecule has 6 heteroatoms. The van der Waals surface area contributed by atoms with E-state index in [0.717, 1.165) is 0 Å². The third-order valence-electron chi connectivity index (χ3n) is 3.07. The Morgan fingerprint density at radius 2 is 2.00 bits per heavy atom. The highest BCUT2D eigenvalue weighted by Crippen LogP contribution is 2.28. The topological polar surface area (TPSA) is 47.0 Å². The van der Waals surface area contributed by atoms with Crippen LogP contribution in [0, 0.1) is 18.6 Å². The van der Waals surface area contributed by atoms with E-state index in [9.17, 15) is 8.78 Å². The number of ether oxygens (including phenoxy) is 1. The highest BCUT2D eigenvalue weighted by atomic mass is 19.1. The first-order valence-corrected chi connectivity index (χ1v) is 6.06. The first kappa shape index (κ1) is 14.3. The lowest BCUT2D eigenvalue weighted by Crippen LogP contribution is -2.22. The molecule has 0 aliphatic heterocycles. The van der Waals surface area contributed by atoms with Gasteiger partial charge in [-0.2, -0.15) is 0 Å². The zero-order valence-electron chi connectivity index (χ0n) is 11.4. The molecule has 1 atom stereocenters. The van der Waals surface area contributed by atoms with E-state index in [1.165, 1.54) is 25.6 Å². The Hall–Kier alpha value is -2.08. The van der Waals surface area contributed by atoms with Gasteiger partial charge in [0.1, 0.15) is 18.0 Å². The molecule has 0 fully saturated rings. The van der Waals surface area contributed by atoms with E-state index in [4.69, 9.17) is 4.74 Å². The van der Waals surface area contributed by atoms with Gasteiger partial charge in [-0.25, -0.2) is 18.7 Å². The molecule has 0 aliphatic rings. The largest absolute Gasteiger partial charge is 0.481 e. The maximum atomic E-state index is 14.2. The van der Waals surface area contributed by atoms with Crippen molar-refractivity contribution < 1.29 is 13.5 Å². The summed E-state index contributed by atoms with van der Waals surface area (Å²) >= 11 is 0. The summed E-state index contributed by atoms with van der Waals surface area (Å²) in [5.74, 6) is -0.865. The fourth-order valence-electron chi connectivity index (χ4n) is 2.01. The smallest absolute Gasteiger partial charge is 0.216 e. The lowest BCUT2D eigenvalue weighted by atomic mass is 10.00. The first-order chi connectivity index (χ1) is 9.58. The fraction of sp³-hybridized carbons (Fsp3) is 0.286. The summed E-state index contributed by atoms with van der Waals surface area (Å²) in [5, 5.41) is 2.87. The number of nitrogens with one attached hydrogen (secondary N) is 1. The van der Waals surface area contributed by atoms with Crippen molar-refractivity contribution in [1.82, 2.24) is 15.3 Å². The van der Waals surface area contributed by atoms with Gasteiger partial charge in [0, 0.05) is 11.6 Å². The number of aryl methyl sites for hydroxylation is 1. The van der Waals surface area contributed by atoms with Gasteiger partial charge in [-0.3, -0.25) is 0 Å². The molecule has 1 heterocycles. The molecule has 1 N–H and O–H groups in total. The van der Waals surface area contributed by atoms with Crippen molar-refractivity contribution in [2.24, 2.45) is 0 Å². The Bertz CT molecular complexity index is 619. The van der Waals surface area contributed by atoms with Gasteiger partial charge in [-0.05, 0) is 25.6 Å². The predicted octanol–water partition coefficient (Wildman–Crippen LogP) is 2.38. The number of rotatable bonds is 4. The van der Waals surface area contributed by atoms with Gasteiger partial charge < -0.3 is 10.1 Å². The van der Waals surface area contributed by atoms with Crippen LogP contribution in [-0.2, 0) is 0 Å². The molecule has 2 aromatic rings. The summed E-state index contributed by atoms with van der Waals surface area (Å²) < 4.78 is 33.2.